The van der Waals surface area contributed by atoms with Gasteiger partial charge in [0.05, 0.1) is 0 Å². The fraction of sp³-hybridized carbons (Fsp3) is 0.684. The molecule has 1 N–H and O–H groups in total. The third-order valence-electron chi connectivity index (χ3n) is 5.44. The summed E-state index contributed by atoms with van der Waals surface area (Å²) in [6.45, 7) is 4.83. The number of nitrogens with zero attached hydrogens (tertiary/aromatic N) is 1. The number of hydrogen-bond acceptors (Lipinski definition) is 2. The molecule has 1 aliphatic heterocycles. The predicted molar refractivity (Wildman–Crippen MR) is 89.4 cm³/mol. The standard InChI is InChI=1S/C19H30N2/c1-4-10-18(11-5-1)16-20-17-19(12-6-2-7-13-19)21-14-8-3-9-15-21/h1,4-5,10-11,20H,2-3,6-9,12-17H2. The van der Waals surface area contributed by atoms with Gasteiger partial charge >= 0.3 is 0 Å². The highest BCUT2D eigenvalue weighted by Crippen LogP contribution is 2.35. The first kappa shape index (κ1) is 15.1. The topological polar surface area (TPSA) is 15.3 Å². The lowest BCUT2D eigenvalue weighted by atomic mass is 9.79. The molecule has 2 heteroatoms. The van der Waals surface area contributed by atoms with Crippen molar-refractivity contribution in [3.63, 3.8) is 0 Å². The number of likely N-dealkylation sites (tertiary alicyclic amines) is 1. The second-order valence-corrected chi connectivity index (χ2v) is 6.92. The van der Waals surface area contributed by atoms with E-state index in [2.05, 4.69) is 40.5 Å². The van der Waals surface area contributed by atoms with Crippen LogP contribution in [-0.4, -0.2) is 30.1 Å². The summed E-state index contributed by atoms with van der Waals surface area (Å²) in [6, 6.07) is 10.8. The molecular weight excluding hydrogens is 256 g/mol. The minimum Gasteiger partial charge on any atom is -0.311 e. The average molecular weight is 286 g/mol. The Morgan fingerprint density at radius 1 is 0.857 bits per heavy atom. The number of piperidine rings is 1. The van der Waals surface area contributed by atoms with Gasteiger partial charge in [0.15, 0.2) is 0 Å². The van der Waals surface area contributed by atoms with Crippen LogP contribution in [0.2, 0.25) is 0 Å². The highest BCUT2D eigenvalue weighted by molar-refractivity contribution is 5.14. The molecule has 1 aromatic rings. The van der Waals surface area contributed by atoms with Crippen molar-refractivity contribution >= 4 is 0 Å². The van der Waals surface area contributed by atoms with Crippen LogP contribution in [0.15, 0.2) is 30.3 Å². The monoisotopic (exact) mass is 286 g/mol. The Hall–Kier alpha value is -0.860. The molecule has 1 heterocycles. The van der Waals surface area contributed by atoms with Crippen LogP contribution < -0.4 is 5.32 Å². The molecule has 21 heavy (non-hydrogen) atoms. The molecule has 0 amide bonds. The Kier molecular flexibility index (Phi) is 5.32. The third kappa shape index (κ3) is 3.87. The summed E-state index contributed by atoms with van der Waals surface area (Å²) in [6.07, 6.45) is 11.3. The SMILES string of the molecule is c1ccc(CNCC2(N3CCCCC3)CCCCC2)cc1. The van der Waals surface area contributed by atoms with Gasteiger partial charge in [-0.1, -0.05) is 56.0 Å². The summed E-state index contributed by atoms with van der Waals surface area (Å²) in [4.78, 5) is 2.83. The van der Waals surface area contributed by atoms with Crippen molar-refractivity contribution in [3.05, 3.63) is 35.9 Å². The van der Waals surface area contributed by atoms with Crippen LogP contribution in [0.4, 0.5) is 0 Å². The minimum absolute atomic E-state index is 0.452. The smallest absolute Gasteiger partial charge is 0.0334 e. The van der Waals surface area contributed by atoms with Gasteiger partial charge in [-0.3, -0.25) is 4.90 Å². The van der Waals surface area contributed by atoms with Gasteiger partial charge in [-0.25, -0.2) is 0 Å². The summed E-state index contributed by atoms with van der Waals surface area (Å²) in [5.41, 5.74) is 1.86. The largest absolute Gasteiger partial charge is 0.311 e. The lowest BCUT2D eigenvalue weighted by molar-refractivity contribution is 0.0333. The van der Waals surface area contributed by atoms with Crippen LogP contribution >= 0.6 is 0 Å². The highest BCUT2D eigenvalue weighted by Gasteiger charge is 2.37. The van der Waals surface area contributed by atoms with Crippen LogP contribution in [0, 0.1) is 0 Å². The van der Waals surface area contributed by atoms with Crippen LogP contribution in [0.5, 0.6) is 0 Å². The molecule has 1 saturated heterocycles. The normalized spacial score (nSPS) is 23.0. The average Bonchev–Trinajstić information content (AvgIpc) is 2.58. The lowest BCUT2D eigenvalue weighted by Gasteiger charge is -2.48. The van der Waals surface area contributed by atoms with E-state index in [9.17, 15) is 0 Å². The molecule has 2 aliphatic rings. The molecule has 0 unspecified atom stereocenters. The molecule has 0 aromatic heterocycles. The summed E-state index contributed by atoms with van der Waals surface area (Å²) >= 11 is 0. The number of benzene rings is 1. The number of rotatable bonds is 5. The fourth-order valence-electron chi connectivity index (χ4n) is 4.22. The van der Waals surface area contributed by atoms with E-state index in [0.717, 1.165) is 6.54 Å². The van der Waals surface area contributed by atoms with Crippen LogP contribution in [0.1, 0.15) is 56.9 Å². The van der Waals surface area contributed by atoms with Gasteiger partial charge in [-0.15, -0.1) is 0 Å². The van der Waals surface area contributed by atoms with Crippen molar-refractivity contribution in [2.75, 3.05) is 19.6 Å². The van der Waals surface area contributed by atoms with Gasteiger partial charge in [0, 0.05) is 18.6 Å². The van der Waals surface area contributed by atoms with Gasteiger partial charge < -0.3 is 5.32 Å². The first-order valence-electron chi connectivity index (χ1n) is 8.89. The molecule has 1 aliphatic carbocycles. The molecule has 2 nitrogen and oxygen atoms in total. The summed E-state index contributed by atoms with van der Waals surface area (Å²) in [5, 5.41) is 3.77. The van der Waals surface area contributed by atoms with E-state index >= 15 is 0 Å². The Bertz CT molecular complexity index is 403. The lowest BCUT2D eigenvalue weighted by Crippen LogP contribution is -2.57. The molecule has 0 radical (unpaired) electrons. The van der Waals surface area contributed by atoms with E-state index in [1.807, 2.05) is 0 Å². The zero-order chi connectivity index (χ0) is 14.4. The van der Waals surface area contributed by atoms with Gasteiger partial charge in [-0.2, -0.15) is 0 Å². The van der Waals surface area contributed by atoms with Crippen molar-refractivity contribution in [2.45, 2.75) is 63.5 Å². The quantitative estimate of drug-likeness (QED) is 0.881. The maximum Gasteiger partial charge on any atom is 0.0334 e. The van der Waals surface area contributed by atoms with Crippen molar-refractivity contribution in [1.29, 1.82) is 0 Å². The third-order valence-corrected chi connectivity index (χ3v) is 5.44. The maximum absolute atomic E-state index is 3.77. The molecule has 2 fully saturated rings. The fourth-order valence-corrected chi connectivity index (χ4v) is 4.22. The van der Waals surface area contributed by atoms with E-state index in [1.54, 1.807) is 0 Å². The van der Waals surface area contributed by atoms with Crippen molar-refractivity contribution in [1.82, 2.24) is 10.2 Å². The van der Waals surface area contributed by atoms with Crippen LogP contribution in [0.3, 0.4) is 0 Å². The van der Waals surface area contributed by atoms with Gasteiger partial charge in [0.1, 0.15) is 0 Å². The van der Waals surface area contributed by atoms with E-state index < -0.39 is 0 Å². The number of nitrogens with one attached hydrogen (secondary N) is 1. The van der Waals surface area contributed by atoms with Gasteiger partial charge in [0.2, 0.25) is 0 Å². The van der Waals surface area contributed by atoms with Gasteiger partial charge in [-0.05, 0) is 44.3 Å². The van der Waals surface area contributed by atoms with E-state index in [1.165, 1.54) is 76.6 Å². The molecule has 116 valence electrons. The van der Waals surface area contributed by atoms with Crippen molar-refractivity contribution in [2.24, 2.45) is 0 Å². The Labute approximate surface area is 129 Å². The Balaban J connectivity index is 1.59. The number of hydrogen-bond donors (Lipinski definition) is 1. The zero-order valence-electron chi connectivity index (χ0n) is 13.3. The van der Waals surface area contributed by atoms with Gasteiger partial charge in [0.25, 0.3) is 0 Å². The zero-order valence-corrected chi connectivity index (χ0v) is 13.3. The molecule has 3 rings (SSSR count). The first-order valence-corrected chi connectivity index (χ1v) is 8.89. The minimum atomic E-state index is 0.452. The van der Waals surface area contributed by atoms with Crippen LogP contribution in [0.25, 0.3) is 0 Å². The second-order valence-electron chi connectivity index (χ2n) is 6.92. The Morgan fingerprint density at radius 3 is 2.24 bits per heavy atom. The molecule has 0 spiro atoms. The summed E-state index contributed by atoms with van der Waals surface area (Å²) < 4.78 is 0. The van der Waals surface area contributed by atoms with Crippen molar-refractivity contribution < 1.29 is 0 Å². The molecule has 0 bridgehead atoms. The van der Waals surface area contributed by atoms with Crippen molar-refractivity contribution in [3.8, 4) is 0 Å². The Morgan fingerprint density at radius 2 is 1.52 bits per heavy atom. The van der Waals surface area contributed by atoms with E-state index in [4.69, 9.17) is 0 Å². The first-order chi connectivity index (χ1) is 10.4. The summed E-state index contributed by atoms with van der Waals surface area (Å²) in [7, 11) is 0. The van der Waals surface area contributed by atoms with E-state index in [0.29, 0.717) is 5.54 Å². The highest BCUT2D eigenvalue weighted by atomic mass is 15.2. The second kappa shape index (κ2) is 7.42. The van der Waals surface area contributed by atoms with Crippen LogP contribution in [-0.2, 0) is 6.54 Å². The molecule has 1 saturated carbocycles. The summed E-state index contributed by atoms with van der Waals surface area (Å²) in [5.74, 6) is 0. The molecular formula is C19H30N2. The molecule has 1 aromatic carbocycles. The predicted octanol–water partition coefficient (Wildman–Crippen LogP) is 3.97. The molecule has 0 atom stereocenters. The maximum atomic E-state index is 3.77. The van der Waals surface area contributed by atoms with E-state index in [-0.39, 0.29) is 0 Å².